The average molecular weight is 324 g/mol. The Kier molecular flexibility index (Phi) is 3.80. The summed E-state index contributed by atoms with van der Waals surface area (Å²) in [5, 5.41) is 7.59. The molecule has 0 saturated carbocycles. The standard InChI is InChI=1S/C13H18BrN5/c1-13(2,3)17-12-16-11(15)19(18-12)8-9-6-4-5-7-10(9)14/h4-7H,8H2,1-3H3,(H3,15,16,17,18). The van der Waals surface area contributed by atoms with Gasteiger partial charge in [0.05, 0.1) is 6.54 Å². The van der Waals surface area contributed by atoms with Gasteiger partial charge in [-0.3, -0.25) is 0 Å². The maximum absolute atomic E-state index is 5.89. The second-order valence-corrected chi connectivity index (χ2v) is 6.27. The van der Waals surface area contributed by atoms with Gasteiger partial charge in [0.15, 0.2) is 0 Å². The summed E-state index contributed by atoms with van der Waals surface area (Å²) >= 11 is 3.52. The zero-order valence-electron chi connectivity index (χ0n) is 11.3. The van der Waals surface area contributed by atoms with E-state index in [-0.39, 0.29) is 5.54 Å². The topological polar surface area (TPSA) is 68.8 Å². The Labute approximate surface area is 121 Å². The lowest BCUT2D eigenvalue weighted by Crippen LogP contribution is -2.26. The fraction of sp³-hybridized carbons (Fsp3) is 0.385. The van der Waals surface area contributed by atoms with Crippen LogP contribution in [0.3, 0.4) is 0 Å². The number of nitrogens with two attached hydrogens (primary N) is 1. The van der Waals surface area contributed by atoms with Gasteiger partial charge in [0.25, 0.3) is 0 Å². The smallest absolute Gasteiger partial charge is 0.244 e. The molecule has 0 amide bonds. The van der Waals surface area contributed by atoms with Gasteiger partial charge in [0.1, 0.15) is 0 Å². The molecule has 1 aromatic heterocycles. The van der Waals surface area contributed by atoms with E-state index in [0.29, 0.717) is 18.4 Å². The van der Waals surface area contributed by atoms with E-state index in [1.165, 1.54) is 0 Å². The van der Waals surface area contributed by atoms with Crippen LogP contribution in [-0.4, -0.2) is 20.3 Å². The molecule has 5 nitrogen and oxygen atoms in total. The van der Waals surface area contributed by atoms with E-state index in [4.69, 9.17) is 5.73 Å². The summed E-state index contributed by atoms with van der Waals surface area (Å²) in [6, 6.07) is 7.99. The Morgan fingerprint density at radius 1 is 1.32 bits per heavy atom. The maximum Gasteiger partial charge on any atom is 0.244 e. The van der Waals surface area contributed by atoms with Crippen LogP contribution in [-0.2, 0) is 6.54 Å². The van der Waals surface area contributed by atoms with Crippen LogP contribution >= 0.6 is 15.9 Å². The largest absolute Gasteiger partial charge is 0.368 e. The fourth-order valence-corrected chi connectivity index (χ4v) is 2.06. The summed E-state index contributed by atoms with van der Waals surface area (Å²) in [7, 11) is 0. The number of hydrogen-bond acceptors (Lipinski definition) is 4. The van der Waals surface area contributed by atoms with E-state index in [2.05, 4.69) is 52.1 Å². The third-order valence-electron chi connectivity index (χ3n) is 2.47. The molecular formula is C13H18BrN5. The highest BCUT2D eigenvalue weighted by Crippen LogP contribution is 2.19. The Morgan fingerprint density at radius 3 is 2.63 bits per heavy atom. The Bertz CT molecular complexity index is 571. The minimum Gasteiger partial charge on any atom is -0.368 e. The van der Waals surface area contributed by atoms with E-state index in [0.717, 1.165) is 10.0 Å². The molecule has 0 aliphatic carbocycles. The van der Waals surface area contributed by atoms with Gasteiger partial charge in [0.2, 0.25) is 11.9 Å². The van der Waals surface area contributed by atoms with Crippen molar-refractivity contribution in [1.29, 1.82) is 0 Å². The molecule has 2 rings (SSSR count). The van der Waals surface area contributed by atoms with Crippen molar-refractivity contribution < 1.29 is 0 Å². The number of aromatic nitrogens is 3. The van der Waals surface area contributed by atoms with Crippen LogP contribution in [0, 0.1) is 0 Å². The maximum atomic E-state index is 5.89. The van der Waals surface area contributed by atoms with Crippen LogP contribution in [0.4, 0.5) is 11.9 Å². The number of nitrogens with zero attached hydrogens (tertiary/aromatic N) is 3. The molecule has 6 heteroatoms. The first-order valence-electron chi connectivity index (χ1n) is 6.07. The minimum atomic E-state index is -0.0913. The fourth-order valence-electron chi connectivity index (χ4n) is 1.65. The molecule has 0 unspecified atom stereocenters. The average Bonchev–Trinajstić information content (AvgIpc) is 2.60. The van der Waals surface area contributed by atoms with Gasteiger partial charge in [-0.25, -0.2) is 4.68 Å². The molecule has 0 atom stereocenters. The van der Waals surface area contributed by atoms with Crippen molar-refractivity contribution in [3.63, 3.8) is 0 Å². The molecule has 2 aromatic rings. The van der Waals surface area contributed by atoms with E-state index < -0.39 is 0 Å². The second kappa shape index (κ2) is 5.21. The van der Waals surface area contributed by atoms with Crippen LogP contribution in [0.2, 0.25) is 0 Å². The third-order valence-corrected chi connectivity index (χ3v) is 3.24. The molecule has 1 aromatic carbocycles. The lowest BCUT2D eigenvalue weighted by molar-refractivity contribution is 0.619. The summed E-state index contributed by atoms with van der Waals surface area (Å²) in [6.45, 7) is 6.75. The van der Waals surface area contributed by atoms with Crippen molar-refractivity contribution in [2.45, 2.75) is 32.9 Å². The number of rotatable bonds is 3. The normalized spacial score (nSPS) is 11.6. The van der Waals surface area contributed by atoms with Crippen LogP contribution in [0.15, 0.2) is 28.7 Å². The highest BCUT2D eigenvalue weighted by Gasteiger charge is 2.14. The number of benzene rings is 1. The predicted octanol–water partition coefficient (Wildman–Crippen LogP) is 2.88. The summed E-state index contributed by atoms with van der Waals surface area (Å²) in [5.41, 5.74) is 6.91. The highest BCUT2D eigenvalue weighted by molar-refractivity contribution is 9.10. The van der Waals surface area contributed by atoms with Crippen molar-refractivity contribution in [1.82, 2.24) is 14.8 Å². The van der Waals surface area contributed by atoms with Crippen LogP contribution in [0.1, 0.15) is 26.3 Å². The molecular weight excluding hydrogens is 306 g/mol. The zero-order valence-corrected chi connectivity index (χ0v) is 12.9. The minimum absolute atomic E-state index is 0.0913. The molecule has 1 heterocycles. The van der Waals surface area contributed by atoms with E-state index in [9.17, 15) is 0 Å². The summed E-state index contributed by atoms with van der Waals surface area (Å²) < 4.78 is 2.73. The first-order chi connectivity index (χ1) is 8.85. The Hall–Kier alpha value is -1.56. The second-order valence-electron chi connectivity index (χ2n) is 5.42. The highest BCUT2D eigenvalue weighted by atomic mass is 79.9. The van der Waals surface area contributed by atoms with Crippen LogP contribution in [0.5, 0.6) is 0 Å². The monoisotopic (exact) mass is 323 g/mol. The number of nitrogen functional groups attached to an aromatic ring is 1. The van der Waals surface area contributed by atoms with Gasteiger partial charge in [-0.1, -0.05) is 34.1 Å². The van der Waals surface area contributed by atoms with Gasteiger partial charge in [-0.15, -0.1) is 5.10 Å². The third kappa shape index (κ3) is 3.70. The summed E-state index contributed by atoms with van der Waals surface area (Å²) in [5.74, 6) is 0.958. The Balaban J connectivity index is 2.20. The van der Waals surface area contributed by atoms with Crippen molar-refractivity contribution in [2.75, 3.05) is 11.1 Å². The Morgan fingerprint density at radius 2 is 2.00 bits per heavy atom. The lowest BCUT2D eigenvalue weighted by atomic mass is 10.1. The lowest BCUT2D eigenvalue weighted by Gasteiger charge is -2.18. The molecule has 0 radical (unpaired) electrons. The molecule has 0 aliphatic rings. The molecule has 102 valence electrons. The van der Waals surface area contributed by atoms with E-state index in [1.54, 1.807) is 4.68 Å². The van der Waals surface area contributed by atoms with Crippen molar-refractivity contribution in [3.8, 4) is 0 Å². The number of halogens is 1. The molecule has 0 spiro atoms. The molecule has 0 saturated heterocycles. The predicted molar refractivity (Wildman–Crippen MR) is 81.1 cm³/mol. The quantitative estimate of drug-likeness (QED) is 0.911. The van der Waals surface area contributed by atoms with Gasteiger partial charge in [0, 0.05) is 10.0 Å². The number of anilines is 2. The molecule has 0 aliphatic heterocycles. The molecule has 19 heavy (non-hydrogen) atoms. The van der Waals surface area contributed by atoms with Gasteiger partial charge in [-0.2, -0.15) is 4.98 Å². The van der Waals surface area contributed by atoms with Gasteiger partial charge in [-0.05, 0) is 32.4 Å². The number of nitrogens with one attached hydrogen (secondary N) is 1. The SMILES string of the molecule is CC(C)(C)Nc1nc(N)n(Cc2ccccc2Br)n1. The summed E-state index contributed by atoms with van der Waals surface area (Å²) in [4.78, 5) is 4.23. The van der Waals surface area contributed by atoms with Crippen LogP contribution in [0.25, 0.3) is 0 Å². The first-order valence-corrected chi connectivity index (χ1v) is 6.86. The molecule has 0 bridgehead atoms. The zero-order chi connectivity index (χ0) is 14.0. The van der Waals surface area contributed by atoms with Crippen molar-refractivity contribution >= 4 is 27.8 Å². The number of hydrogen-bond donors (Lipinski definition) is 2. The van der Waals surface area contributed by atoms with E-state index >= 15 is 0 Å². The van der Waals surface area contributed by atoms with Crippen molar-refractivity contribution in [2.24, 2.45) is 0 Å². The first kappa shape index (κ1) is 13.9. The van der Waals surface area contributed by atoms with Crippen LogP contribution < -0.4 is 11.1 Å². The summed E-state index contributed by atoms with van der Waals surface area (Å²) in [6.07, 6.45) is 0. The van der Waals surface area contributed by atoms with Gasteiger partial charge < -0.3 is 11.1 Å². The van der Waals surface area contributed by atoms with Gasteiger partial charge >= 0.3 is 0 Å². The molecule has 3 N–H and O–H groups in total. The van der Waals surface area contributed by atoms with Crippen molar-refractivity contribution in [3.05, 3.63) is 34.3 Å². The van der Waals surface area contributed by atoms with E-state index in [1.807, 2.05) is 24.3 Å². The molecule has 0 fully saturated rings.